The van der Waals surface area contributed by atoms with Crippen LogP contribution < -0.4 is 10.5 Å². The molecule has 0 saturated heterocycles. The molecule has 0 saturated carbocycles. The second kappa shape index (κ2) is 5.71. The molecule has 1 unspecified atom stereocenters. The fraction of sp³-hybridized carbons (Fsp3) is 0.286. The number of nitrogens with two attached hydrogens (primary N) is 1. The second-order valence-electron chi connectivity index (χ2n) is 3.99. The van der Waals surface area contributed by atoms with Crippen molar-refractivity contribution in [2.24, 2.45) is 5.73 Å². The number of hydrogen-bond donors (Lipinski definition) is 1. The van der Waals surface area contributed by atoms with Gasteiger partial charge in [-0.25, -0.2) is 0 Å². The molecule has 0 bridgehead atoms. The topological polar surface area (TPSA) is 57.6 Å². The van der Waals surface area contributed by atoms with Gasteiger partial charge in [0.05, 0.1) is 13.2 Å². The van der Waals surface area contributed by atoms with Crippen LogP contribution in [0.3, 0.4) is 0 Å². The van der Waals surface area contributed by atoms with Gasteiger partial charge in [0.15, 0.2) is 0 Å². The first-order chi connectivity index (χ1) is 8.74. The van der Waals surface area contributed by atoms with E-state index in [0.29, 0.717) is 6.61 Å². The second-order valence-corrected chi connectivity index (χ2v) is 3.99. The smallest absolute Gasteiger partial charge is 0.129 e. The van der Waals surface area contributed by atoms with Gasteiger partial charge in [-0.3, -0.25) is 0 Å². The molecule has 0 aliphatic heterocycles. The summed E-state index contributed by atoms with van der Waals surface area (Å²) in [5.74, 6) is 2.27. The maximum atomic E-state index is 6.16. The molecule has 0 spiro atoms. The Morgan fingerprint density at radius 3 is 2.78 bits per heavy atom. The van der Waals surface area contributed by atoms with Gasteiger partial charge in [0.2, 0.25) is 0 Å². The molecule has 0 aliphatic carbocycles. The summed E-state index contributed by atoms with van der Waals surface area (Å²) in [5.41, 5.74) is 7.11. The van der Waals surface area contributed by atoms with Crippen molar-refractivity contribution in [3.63, 3.8) is 0 Å². The highest BCUT2D eigenvalue weighted by atomic mass is 16.5. The summed E-state index contributed by atoms with van der Waals surface area (Å²) in [7, 11) is 3.26. The molecule has 4 nitrogen and oxygen atoms in total. The SMILES string of the molecule is COCc1ccc(C(N)c2cccc(OC)c2)o1. The highest BCUT2D eigenvalue weighted by Crippen LogP contribution is 2.24. The summed E-state index contributed by atoms with van der Waals surface area (Å²) < 4.78 is 15.8. The van der Waals surface area contributed by atoms with E-state index in [0.717, 1.165) is 22.8 Å². The molecular weight excluding hydrogens is 230 g/mol. The van der Waals surface area contributed by atoms with Crippen LogP contribution in [0.25, 0.3) is 0 Å². The minimum Gasteiger partial charge on any atom is -0.497 e. The number of benzene rings is 1. The molecule has 0 amide bonds. The molecule has 4 heteroatoms. The van der Waals surface area contributed by atoms with Gasteiger partial charge in [0.1, 0.15) is 23.9 Å². The minimum absolute atomic E-state index is 0.300. The molecule has 18 heavy (non-hydrogen) atoms. The van der Waals surface area contributed by atoms with E-state index in [9.17, 15) is 0 Å². The Bertz CT molecular complexity index is 507. The summed E-state index contributed by atoms with van der Waals surface area (Å²) in [5, 5.41) is 0. The van der Waals surface area contributed by atoms with E-state index in [-0.39, 0.29) is 6.04 Å². The van der Waals surface area contributed by atoms with Crippen LogP contribution in [0, 0.1) is 0 Å². The van der Waals surface area contributed by atoms with Crippen LogP contribution in [-0.4, -0.2) is 14.2 Å². The van der Waals surface area contributed by atoms with E-state index in [2.05, 4.69) is 0 Å². The Morgan fingerprint density at radius 2 is 2.06 bits per heavy atom. The lowest BCUT2D eigenvalue weighted by atomic mass is 10.1. The summed E-state index contributed by atoms with van der Waals surface area (Å²) >= 11 is 0. The zero-order valence-corrected chi connectivity index (χ0v) is 10.6. The molecule has 0 fully saturated rings. The van der Waals surface area contributed by atoms with Crippen molar-refractivity contribution in [1.82, 2.24) is 0 Å². The molecule has 0 radical (unpaired) electrons. The first-order valence-electron chi connectivity index (χ1n) is 5.71. The largest absolute Gasteiger partial charge is 0.497 e. The zero-order chi connectivity index (χ0) is 13.0. The molecule has 1 aromatic heterocycles. The lowest BCUT2D eigenvalue weighted by molar-refractivity contribution is 0.162. The molecule has 1 aromatic carbocycles. The van der Waals surface area contributed by atoms with Crippen LogP contribution in [0.1, 0.15) is 23.1 Å². The molecule has 1 atom stereocenters. The third-order valence-corrected chi connectivity index (χ3v) is 2.73. The zero-order valence-electron chi connectivity index (χ0n) is 10.6. The van der Waals surface area contributed by atoms with E-state index in [1.54, 1.807) is 14.2 Å². The number of rotatable bonds is 5. The van der Waals surface area contributed by atoms with Crippen molar-refractivity contribution in [2.75, 3.05) is 14.2 Å². The fourth-order valence-electron chi connectivity index (χ4n) is 1.78. The summed E-state index contributed by atoms with van der Waals surface area (Å²) in [4.78, 5) is 0. The van der Waals surface area contributed by atoms with E-state index in [1.807, 2.05) is 36.4 Å². The van der Waals surface area contributed by atoms with Gasteiger partial charge in [-0.1, -0.05) is 12.1 Å². The molecule has 0 aliphatic rings. The van der Waals surface area contributed by atoms with Crippen molar-refractivity contribution in [3.8, 4) is 5.75 Å². The Kier molecular flexibility index (Phi) is 4.02. The molecule has 2 rings (SSSR count). The van der Waals surface area contributed by atoms with E-state index in [4.69, 9.17) is 19.6 Å². The van der Waals surface area contributed by atoms with Crippen molar-refractivity contribution >= 4 is 0 Å². The minimum atomic E-state index is -0.300. The van der Waals surface area contributed by atoms with Crippen LogP contribution in [0.2, 0.25) is 0 Å². The average Bonchev–Trinajstić information content (AvgIpc) is 2.87. The van der Waals surface area contributed by atoms with E-state index < -0.39 is 0 Å². The van der Waals surface area contributed by atoms with Crippen molar-refractivity contribution in [3.05, 3.63) is 53.5 Å². The molecular formula is C14H17NO3. The molecule has 1 heterocycles. The quantitative estimate of drug-likeness (QED) is 0.881. The molecule has 2 N–H and O–H groups in total. The van der Waals surface area contributed by atoms with Crippen molar-refractivity contribution < 1.29 is 13.9 Å². The number of methoxy groups -OCH3 is 2. The Hall–Kier alpha value is -1.78. The lowest BCUT2D eigenvalue weighted by Crippen LogP contribution is -2.10. The van der Waals surface area contributed by atoms with Crippen molar-refractivity contribution in [1.29, 1.82) is 0 Å². The van der Waals surface area contributed by atoms with Crippen LogP contribution in [-0.2, 0) is 11.3 Å². The van der Waals surface area contributed by atoms with Gasteiger partial charge in [0.25, 0.3) is 0 Å². The van der Waals surface area contributed by atoms with E-state index >= 15 is 0 Å². The third kappa shape index (κ3) is 2.72. The summed E-state index contributed by atoms with van der Waals surface area (Å²) in [6.45, 7) is 0.449. The highest BCUT2D eigenvalue weighted by Gasteiger charge is 2.13. The third-order valence-electron chi connectivity index (χ3n) is 2.73. The van der Waals surface area contributed by atoms with Crippen LogP contribution in [0.4, 0.5) is 0 Å². The fourth-order valence-corrected chi connectivity index (χ4v) is 1.78. The Balaban J connectivity index is 2.20. The van der Waals surface area contributed by atoms with Gasteiger partial charge in [-0.15, -0.1) is 0 Å². The predicted octanol–water partition coefficient (Wildman–Crippen LogP) is 2.48. The first kappa shape index (κ1) is 12.7. The Morgan fingerprint density at radius 1 is 1.22 bits per heavy atom. The molecule has 2 aromatic rings. The maximum absolute atomic E-state index is 6.16. The number of hydrogen-bond acceptors (Lipinski definition) is 4. The lowest BCUT2D eigenvalue weighted by Gasteiger charge is -2.10. The van der Waals surface area contributed by atoms with Crippen LogP contribution >= 0.6 is 0 Å². The van der Waals surface area contributed by atoms with Crippen molar-refractivity contribution in [2.45, 2.75) is 12.6 Å². The standard InChI is InChI=1S/C14H17NO3/c1-16-9-12-6-7-13(18-12)14(15)10-4-3-5-11(8-10)17-2/h3-8,14H,9,15H2,1-2H3. The summed E-state index contributed by atoms with van der Waals surface area (Å²) in [6.07, 6.45) is 0. The van der Waals surface area contributed by atoms with E-state index in [1.165, 1.54) is 0 Å². The Labute approximate surface area is 106 Å². The number of furan rings is 1. The van der Waals surface area contributed by atoms with Crippen LogP contribution in [0.15, 0.2) is 40.8 Å². The van der Waals surface area contributed by atoms with Gasteiger partial charge < -0.3 is 19.6 Å². The van der Waals surface area contributed by atoms with Gasteiger partial charge in [-0.2, -0.15) is 0 Å². The normalized spacial score (nSPS) is 12.4. The van der Waals surface area contributed by atoms with Gasteiger partial charge in [0, 0.05) is 7.11 Å². The van der Waals surface area contributed by atoms with Crippen LogP contribution in [0.5, 0.6) is 5.75 Å². The van der Waals surface area contributed by atoms with Gasteiger partial charge in [-0.05, 0) is 29.8 Å². The summed E-state index contributed by atoms with van der Waals surface area (Å²) in [6, 6.07) is 11.1. The maximum Gasteiger partial charge on any atom is 0.129 e. The molecule has 96 valence electrons. The predicted molar refractivity (Wildman–Crippen MR) is 68.4 cm³/mol. The highest BCUT2D eigenvalue weighted by molar-refractivity contribution is 5.34. The monoisotopic (exact) mass is 247 g/mol. The number of ether oxygens (including phenoxy) is 2. The van der Waals surface area contributed by atoms with Gasteiger partial charge >= 0.3 is 0 Å². The first-order valence-corrected chi connectivity index (χ1v) is 5.71. The average molecular weight is 247 g/mol.